The van der Waals surface area contributed by atoms with E-state index in [9.17, 15) is 62.4 Å². The molecule has 4 aromatic heterocycles. The van der Waals surface area contributed by atoms with Gasteiger partial charge in [0.1, 0.15) is 18.1 Å². The highest BCUT2D eigenvalue weighted by Crippen LogP contribution is 2.37. The molecule has 0 unspecified atom stereocenters. The number of rotatable bonds is 12. The lowest BCUT2D eigenvalue weighted by atomic mass is 10.0. The van der Waals surface area contributed by atoms with E-state index in [0.29, 0.717) is 27.5 Å². The summed E-state index contributed by atoms with van der Waals surface area (Å²) in [7, 11) is -5.22. The Bertz CT molecular complexity index is 3890. The summed E-state index contributed by atoms with van der Waals surface area (Å²) < 4.78 is 144. The second kappa shape index (κ2) is 19.9. The SMILES string of the molecule is COCN(c1cc(Cl)cnc1C(=O)c1cccc2[nH]c(=O)n(C)c12)S(=O)(=O)c1ccc(C)c(C(F)(F)F)c1.Cc1ccc(S(=O)(=O)Nc2cc(Cl)cnc2C(=O)c2cccc3[nH]c(=O)n(C)c23)cc1C(F)(F)F. The zero-order chi connectivity index (χ0) is 53.7. The van der Waals surface area contributed by atoms with Gasteiger partial charge in [-0.15, -0.1) is 0 Å². The molecule has 4 aromatic carbocycles. The Morgan fingerprint density at radius 3 is 1.63 bits per heavy atom. The number of ketones is 2. The van der Waals surface area contributed by atoms with Gasteiger partial charge in [0.15, 0.2) is 0 Å². The first-order valence-electron chi connectivity index (χ1n) is 20.7. The Morgan fingerprint density at radius 1 is 0.685 bits per heavy atom. The number of hydrogen-bond donors (Lipinski definition) is 3. The molecule has 73 heavy (non-hydrogen) atoms. The number of hydrogen-bond acceptors (Lipinski definition) is 11. The van der Waals surface area contributed by atoms with Crippen LogP contribution >= 0.6 is 23.2 Å². The summed E-state index contributed by atoms with van der Waals surface area (Å²) in [5.41, 5.74) is -3.57. The minimum atomic E-state index is -4.80. The quantitative estimate of drug-likeness (QED) is 0.0596. The van der Waals surface area contributed by atoms with Gasteiger partial charge in [-0.05, 0) is 85.6 Å². The molecule has 0 fully saturated rings. The van der Waals surface area contributed by atoms with Crippen molar-refractivity contribution in [1.29, 1.82) is 0 Å². The van der Waals surface area contributed by atoms with E-state index >= 15 is 0 Å². The van der Waals surface area contributed by atoms with Crippen LogP contribution in [0.4, 0.5) is 37.7 Å². The number of benzene rings is 4. The lowest BCUT2D eigenvalue weighted by Gasteiger charge is -2.26. The molecule has 8 aromatic rings. The molecular weight excluding hydrogens is 1060 g/mol. The maximum Gasteiger partial charge on any atom is 0.416 e. The van der Waals surface area contributed by atoms with Crippen molar-refractivity contribution in [3.8, 4) is 0 Å². The first-order valence-corrected chi connectivity index (χ1v) is 24.4. The predicted octanol–water partition coefficient (Wildman–Crippen LogP) is 8.55. The predicted molar refractivity (Wildman–Crippen MR) is 257 cm³/mol. The van der Waals surface area contributed by atoms with Gasteiger partial charge in [0, 0.05) is 33.6 Å². The van der Waals surface area contributed by atoms with E-state index in [1.165, 1.54) is 68.5 Å². The van der Waals surface area contributed by atoms with E-state index in [4.69, 9.17) is 27.9 Å². The standard InChI is InChI=1S/C24H20ClF3N4O5S.C22H16ClF3N4O4S/c1-13-7-8-15(10-17(13)24(26,27)28)38(35,36)32(12-37-3)19-9-14(25)11-29-20(19)22(33)16-5-4-6-18-21(16)31(2)23(34)30-18;1-11-6-7-13(9-15(11)22(24,25)26)35(33,34)29-17-8-12(23)10-27-18(17)20(31)14-4-3-5-16-19(14)30(2)21(32)28-16/h4-11H,12H2,1-3H3,(H,30,34);3-10,29H,1-2H3,(H,28,32). The first-order chi connectivity index (χ1) is 34.1. The number of para-hydroxylation sites is 2. The fraction of sp³-hybridized carbons (Fsp3) is 0.174. The number of pyridine rings is 2. The van der Waals surface area contributed by atoms with Crippen molar-refractivity contribution < 1.29 is 57.5 Å². The number of ether oxygens (including phenoxy) is 1. The number of alkyl halides is 6. The van der Waals surface area contributed by atoms with Crippen LogP contribution in [0, 0.1) is 13.8 Å². The number of H-pyrrole nitrogens is 2. The van der Waals surface area contributed by atoms with Gasteiger partial charge in [-0.1, -0.05) is 47.5 Å². The number of methoxy groups -OCH3 is 1. The third-order valence-electron chi connectivity index (χ3n) is 11.1. The molecule has 0 bridgehead atoms. The zero-order valence-electron chi connectivity index (χ0n) is 38.2. The molecule has 0 radical (unpaired) electrons. The molecule has 8 rings (SSSR count). The van der Waals surface area contributed by atoms with Crippen molar-refractivity contribution in [2.75, 3.05) is 22.9 Å². The molecule has 17 nitrogen and oxygen atoms in total. The minimum absolute atomic E-state index is 0.0219. The average molecular weight is 1090 g/mol. The van der Waals surface area contributed by atoms with Gasteiger partial charge in [-0.25, -0.2) is 40.7 Å². The Hall–Kier alpha value is -7.32. The van der Waals surface area contributed by atoms with Crippen molar-refractivity contribution in [2.24, 2.45) is 14.1 Å². The molecule has 3 N–H and O–H groups in total. The maximum atomic E-state index is 13.7. The molecule has 0 saturated heterocycles. The molecule has 0 aliphatic carbocycles. The normalized spacial score (nSPS) is 12.2. The zero-order valence-corrected chi connectivity index (χ0v) is 41.3. The number of anilines is 2. The third-order valence-corrected chi connectivity index (χ3v) is 14.6. The van der Waals surface area contributed by atoms with Crippen LogP contribution in [-0.4, -0.2) is 71.3 Å². The summed E-state index contributed by atoms with van der Waals surface area (Å²) >= 11 is 12.1. The van der Waals surface area contributed by atoms with E-state index in [1.807, 2.05) is 0 Å². The minimum Gasteiger partial charge on any atom is -0.363 e. The number of fused-ring (bicyclic) bond motifs is 2. The lowest BCUT2D eigenvalue weighted by Crippen LogP contribution is -2.34. The van der Waals surface area contributed by atoms with Crippen LogP contribution in [-0.2, 0) is 51.2 Å². The smallest absolute Gasteiger partial charge is 0.363 e. The molecule has 4 heterocycles. The van der Waals surface area contributed by atoms with Crippen molar-refractivity contribution in [1.82, 2.24) is 29.1 Å². The molecule has 0 spiro atoms. The molecule has 0 atom stereocenters. The van der Waals surface area contributed by atoms with Gasteiger partial charge in [0.25, 0.3) is 20.0 Å². The fourth-order valence-electron chi connectivity index (χ4n) is 7.58. The highest BCUT2D eigenvalue weighted by atomic mass is 35.5. The molecule has 27 heteroatoms. The topological polar surface area (TPSA) is 228 Å². The van der Waals surface area contributed by atoms with E-state index in [1.54, 1.807) is 12.1 Å². The summed E-state index contributed by atoms with van der Waals surface area (Å²) in [4.78, 5) is 63.1. The number of sulfonamides is 2. The number of imidazole rings is 2. The van der Waals surface area contributed by atoms with Gasteiger partial charge >= 0.3 is 23.7 Å². The largest absolute Gasteiger partial charge is 0.416 e. The second-order valence-electron chi connectivity index (χ2n) is 15.9. The molecule has 0 aliphatic rings. The van der Waals surface area contributed by atoms with Crippen LogP contribution in [0.25, 0.3) is 22.1 Å². The van der Waals surface area contributed by atoms with Crippen LogP contribution in [0.15, 0.2) is 117 Å². The molecule has 0 saturated carbocycles. The number of nitrogens with zero attached hydrogens (tertiary/aromatic N) is 5. The van der Waals surface area contributed by atoms with Gasteiger partial charge in [0.05, 0.1) is 75.5 Å². The van der Waals surface area contributed by atoms with Crippen LogP contribution < -0.4 is 20.4 Å². The summed E-state index contributed by atoms with van der Waals surface area (Å²) in [6, 6.07) is 16.5. The number of nitrogens with one attached hydrogen (secondary N) is 3. The molecule has 382 valence electrons. The second-order valence-corrected chi connectivity index (χ2v) is 20.4. The molecular formula is C46H36Cl2F6N8O9S2. The van der Waals surface area contributed by atoms with Crippen molar-refractivity contribution in [3.05, 3.63) is 173 Å². The maximum absolute atomic E-state index is 13.7. The van der Waals surface area contributed by atoms with Gasteiger partial charge in [-0.3, -0.25) is 23.4 Å². The lowest BCUT2D eigenvalue weighted by molar-refractivity contribution is -0.139. The summed E-state index contributed by atoms with van der Waals surface area (Å²) in [5.74, 6) is -1.49. The van der Waals surface area contributed by atoms with Crippen LogP contribution in [0.1, 0.15) is 54.4 Å². The fourth-order valence-corrected chi connectivity index (χ4v) is 10.4. The third kappa shape index (κ3) is 10.6. The average Bonchev–Trinajstić information content (AvgIpc) is 3.78. The molecule has 0 amide bonds. The highest BCUT2D eigenvalue weighted by molar-refractivity contribution is 7.93. The monoisotopic (exact) mass is 1090 g/mol. The highest BCUT2D eigenvalue weighted by Gasteiger charge is 2.37. The number of carbonyl (C=O) groups excluding carboxylic acids is 2. The summed E-state index contributed by atoms with van der Waals surface area (Å²) in [6.45, 7) is 1.74. The Labute approximate surface area is 419 Å². The number of aromatic amines is 2. The number of carbonyl (C=O) groups is 2. The Kier molecular flexibility index (Phi) is 14.6. The summed E-state index contributed by atoms with van der Waals surface area (Å²) in [6.07, 6.45) is -7.32. The van der Waals surface area contributed by atoms with Crippen LogP contribution in [0.2, 0.25) is 10.0 Å². The van der Waals surface area contributed by atoms with E-state index < -0.39 is 83.0 Å². The van der Waals surface area contributed by atoms with Crippen molar-refractivity contribution >= 4 is 88.3 Å². The van der Waals surface area contributed by atoms with Crippen molar-refractivity contribution in [3.63, 3.8) is 0 Å². The van der Waals surface area contributed by atoms with Crippen molar-refractivity contribution in [2.45, 2.75) is 36.0 Å². The van der Waals surface area contributed by atoms with Gasteiger partial charge in [0.2, 0.25) is 11.6 Å². The molecule has 0 aliphatic heterocycles. The van der Waals surface area contributed by atoms with Crippen LogP contribution in [0.5, 0.6) is 0 Å². The summed E-state index contributed by atoms with van der Waals surface area (Å²) in [5, 5.41) is -0.0635. The number of aromatic nitrogens is 6. The van der Waals surface area contributed by atoms with E-state index in [2.05, 4.69) is 24.7 Å². The van der Waals surface area contributed by atoms with E-state index in [-0.39, 0.29) is 66.1 Å². The first kappa shape index (κ1) is 53.5. The van der Waals surface area contributed by atoms with E-state index in [0.717, 1.165) is 48.8 Å². The number of aryl methyl sites for hydroxylation is 4. The Morgan fingerprint density at radius 2 is 1.14 bits per heavy atom. The van der Waals surface area contributed by atoms with Crippen LogP contribution in [0.3, 0.4) is 0 Å². The number of halogens is 8. The van der Waals surface area contributed by atoms with Gasteiger partial charge < -0.3 is 14.7 Å². The van der Waals surface area contributed by atoms with Gasteiger partial charge in [-0.2, -0.15) is 26.3 Å². The Balaban J connectivity index is 0.000000214.